The lowest BCUT2D eigenvalue weighted by molar-refractivity contribution is 0.446. The lowest BCUT2D eigenvalue weighted by Gasteiger charge is -2.12. The van der Waals surface area contributed by atoms with Crippen molar-refractivity contribution in [1.29, 1.82) is 10.8 Å². The third kappa shape index (κ3) is 8.90. The summed E-state index contributed by atoms with van der Waals surface area (Å²) in [5.74, 6) is 1.76. The van der Waals surface area contributed by atoms with E-state index in [2.05, 4.69) is 27.7 Å². The van der Waals surface area contributed by atoms with Gasteiger partial charge in [0, 0.05) is 12.8 Å². The summed E-state index contributed by atoms with van der Waals surface area (Å²) in [7, 11) is 0. The summed E-state index contributed by atoms with van der Waals surface area (Å²) in [5.41, 5.74) is 0. The van der Waals surface area contributed by atoms with Crippen LogP contribution in [-0.2, 0) is 4.74 Å². The molecular formula is C14H28N2O. The van der Waals surface area contributed by atoms with Gasteiger partial charge in [0.15, 0.2) is 11.8 Å². The number of ether oxygens (including phenoxy) is 1. The van der Waals surface area contributed by atoms with Crippen LogP contribution in [0, 0.1) is 22.7 Å². The van der Waals surface area contributed by atoms with Gasteiger partial charge >= 0.3 is 0 Å². The fraction of sp³-hybridized carbons (Fsp3) is 0.857. The second-order valence-corrected chi connectivity index (χ2v) is 5.05. The topological polar surface area (TPSA) is 56.9 Å². The molecule has 0 aliphatic rings. The van der Waals surface area contributed by atoms with Crippen molar-refractivity contribution < 1.29 is 4.74 Å². The molecule has 0 aromatic carbocycles. The van der Waals surface area contributed by atoms with Gasteiger partial charge in [0.25, 0.3) is 0 Å². The molecule has 2 N–H and O–H groups in total. The molecule has 2 atom stereocenters. The molecule has 0 radical (unpaired) electrons. The van der Waals surface area contributed by atoms with E-state index in [9.17, 15) is 0 Å². The predicted molar refractivity (Wildman–Crippen MR) is 73.9 cm³/mol. The molecule has 17 heavy (non-hydrogen) atoms. The van der Waals surface area contributed by atoms with Crippen molar-refractivity contribution in [2.45, 2.75) is 66.2 Å². The minimum absolute atomic E-state index is 0.249. The first-order chi connectivity index (χ1) is 7.99. The Balaban J connectivity index is 3.69. The minimum atomic E-state index is 0.249. The van der Waals surface area contributed by atoms with Crippen LogP contribution in [0.5, 0.6) is 0 Å². The second-order valence-electron chi connectivity index (χ2n) is 5.05. The molecule has 0 fully saturated rings. The van der Waals surface area contributed by atoms with Crippen LogP contribution in [0.3, 0.4) is 0 Å². The van der Waals surface area contributed by atoms with E-state index in [0.29, 0.717) is 24.7 Å². The van der Waals surface area contributed by atoms with Crippen molar-refractivity contribution in [2.75, 3.05) is 0 Å². The van der Waals surface area contributed by atoms with E-state index in [1.54, 1.807) is 0 Å². The van der Waals surface area contributed by atoms with Crippen LogP contribution in [0.4, 0.5) is 0 Å². The van der Waals surface area contributed by atoms with Crippen molar-refractivity contribution in [3.8, 4) is 0 Å². The van der Waals surface area contributed by atoms with Gasteiger partial charge in [-0.15, -0.1) is 0 Å². The van der Waals surface area contributed by atoms with Gasteiger partial charge in [-0.25, -0.2) is 0 Å². The normalized spacial score (nSPS) is 14.1. The van der Waals surface area contributed by atoms with Crippen LogP contribution >= 0.6 is 0 Å². The van der Waals surface area contributed by atoms with Crippen molar-refractivity contribution >= 4 is 11.8 Å². The fourth-order valence-electron chi connectivity index (χ4n) is 1.41. The molecule has 100 valence electrons. The van der Waals surface area contributed by atoms with Gasteiger partial charge in [-0.1, -0.05) is 40.5 Å². The first-order valence-electron chi connectivity index (χ1n) is 6.82. The van der Waals surface area contributed by atoms with E-state index in [1.807, 2.05) is 0 Å². The summed E-state index contributed by atoms with van der Waals surface area (Å²) in [6.07, 6.45) is 5.54. The highest BCUT2D eigenvalue weighted by Gasteiger charge is 2.08. The largest absolute Gasteiger partial charge is 0.430 e. The minimum Gasteiger partial charge on any atom is -0.430 e. The Bertz CT molecular complexity index is 214. The molecule has 0 aliphatic heterocycles. The lowest BCUT2D eigenvalue weighted by Crippen LogP contribution is -2.12. The Morgan fingerprint density at radius 3 is 1.53 bits per heavy atom. The Kier molecular flexibility index (Phi) is 8.73. The summed E-state index contributed by atoms with van der Waals surface area (Å²) in [6.45, 7) is 8.68. The maximum atomic E-state index is 7.66. The first-order valence-corrected chi connectivity index (χ1v) is 6.82. The van der Waals surface area contributed by atoms with Gasteiger partial charge in [-0.3, -0.25) is 10.8 Å². The summed E-state index contributed by atoms with van der Waals surface area (Å²) in [4.78, 5) is 0. The molecule has 3 heteroatoms. The maximum Gasteiger partial charge on any atom is 0.189 e. The van der Waals surface area contributed by atoms with E-state index in [4.69, 9.17) is 15.6 Å². The number of hydrogen-bond acceptors (Lipinski definition) is 3. The molecule has 0 aliphatic carbocycles. The van der Waals surface area contributed by atoms with Gasteiger partial charge in [0.05, 0.1) is 0 Å². The molecule has 0 spiro atoms. The lowest BCUT2D eigenvalue weighted by atomic mass is 10.0. The van der Waals surface area contributed by atoms with Crippen LogP contribution in [0.15, 0.2) is 0 Å². The molecule has 2 unspecified atom stereocenters. The average molecular weight is 240 g/mol. The van der Waals surface area contributed by atoms with E-state index in [-0.39, 0.29) is 11.8 Å². The van der Waals surface area contributed by atoms with Gasteiger partial charge < -0.3 is 4.74 Å². The van der Waals surface area contributed by atoms with Crippen LogP contribution < -0.4 is 0 Å². The van der Waals surface area contributed by atoms with E-state index >= 15 is 0 Å². The molecule has 0 saturated carbocycles. The zero-order valence-electron chi connectivity index (χ0n) is 11.8. The number of hydrogen-bond donors (Lipinski definition) is 2. The molecule has 0 aromatic rings. The molecule has 0 heterocycles. The van der Waals surface area contributed by atoms with Crippen LogP contribution in [-0.4, -0.2) is 11.8 Å². The Labute approximate surface area is 106 Å². The Morgan fingerprint density at radius 1 is 0.882 bits per heavy atom. The third-order valence-corrected chi connectivity index (χ3v) is 3.37. The van der Waals surface area contributed by atoms with E-state index in [1.165, 1.54) is 0 Å². The summed E-state index contributed by atoms with van der Waals surface area (Å²) in [6, 6.07) is 0. The standard InChI is InChI=1S/C14H28N2O/c1-5-11(3)7-9-13(15)17-14(16)10-8-12(4)6-2/h11-12,15-16H,5-10H2,1-4H3. The highest BCUT2D eigenvalue weighted by Crippen LogP contribution is 2.12. The van der Waals surface area contributed by atoms with E-state index in [0.717, 1.165) is 25.7 Å². The summed E-state index contributed by atoms with van der Waals surface area (Å²) < 4.78 is 5.21. The highest BCUT2D eigenvalue weighted by atomic mass is 16.5. The fourth-order valence-corrected chi connectivity index (χ4v) is 1.41. The van der Waals surface area contributed by atoms with Gasteiger partial charge in [0.1, 0.15) is 0 Å². The summed E-state index contributed by atoms with van der Waals surface area (Å²) in [5, 5.41) is 15.3. The predicted octanol–water partition coefficient (Wildman–Crippen LogP) is 4.61. The van der Waals surface area contributed by atoms with E-state index < -0.39 is 0 Å². The Morgan fingerprint density at radius 2 is 1.24 bits per heavy atom. The SMILES string of the molecule is CCC(C)CCC(=N)OC(=N)CCC(C)CC. The third-order valence-electron chi connectivity index (χ3n) is 3.37. The van der Waals surface area contributed by atoms with Crippen molar-refractivity contribution in [3.63, 3.8) is 0 Å². The highest BCUT2D eigenvalue weighted by molar-refractivity contribution is 5.88. The van der Waals surface area contributed by atoms with Crippen LogP contribution in [0.1, 0.15) is 66.2 Å². The van der Waals surface area contributed by atoms with Crippen molar-refractivity contribution in [3.05, 3.63) is 0 Å². The molecular weight excluding hydrogens is 212 g/mol. The zero-order chi connectivity index (χ0) is 13.3. The zero-order valence-corrected chi connectivity index (χ0v) is 11.8. The maximum absolute atomic E-state index is 7.66. The van der Waals surface area contributed by atoms with Crippen LogP contribution in [0.2, 0.25) is 0 Å². The summed E-state index contributed by atoms with van der Waals surface area (Å²) >= 11 is 0. The number of nitrogens with one attached hydrogen (secondary N) is 2. The molecule has 0 rings (SSSR count). The molecule has 0 aromatic heterocycles. The Hall–Kier alpha value is -0.860. The first kappa shape index (κ1) is 16.1. The second kappa shape index (κ2) is 9.20. The average Bonchev–Trinajstić information content (AvgIpc) is 2.32. The molecule has 0 bridgehead atoms. The van der Waals surface area contributed by atoms with Gasteiger partial charge in [0.2, 0.25) is 0 Å². The molecule has 3 nitrogen and oxygen atoms in total. The van der Waals surface area contributed by atoms with Crippen molar-refractivity contribution in [1.82, 2.24) is 0 Å². The molecule has 0 amide bonds. The van der Waals surface area contributed by atoms with Gasteiger partial charge in [-0.05, 0) is 24.7 Å². The monoisotopic (exact) mass is 240 g/mol. The number of rotatable bonds is 8. The van der Waals surface area contributed by atoms with Crippen molar-refractivity contribution in [2.24, 2.45) is 11.8 Å². The quantitative estimate of drug-likeness (QED) is 0.472. The van der Waals surface area contributed by atoms with Crippen LogP contribution in [0.25, 0.3) is 0 Å². The smallest absolute Gasteiger partial charge is 0.189 e. The van der Waals surface area contributed by atoms with Gasteiger partial charge in [-0.2, -0.15) is 0 Å². The molecule has 0 saturated heterocycles.